The Hall–Kier alpha value is -2.39. The summed E-state index contributed by atoms with van der Waals surface area (Å²) < 4.78 is 26.8. The minimum Gasteiger partial charge on any atom is -0.352 e. The van der Waals surface area contributed by atoms with Crippen LogP contribution in [0.25, 0.3) is 4.96 Å². The minimum absolute atomic E-state index is 0.137. The largest absolute Gasteiger partial charge is 0.352 e. The van der Waals surface area contributed by atoms with Gasteiger partial charge in [-0.15, -0.1) is 11.3 Å². The zero-order chi connectivity index (χ0) is 17.2. The molecule has 126 valence electrons. The van der Waals surface area contributed by atoms with E-state index in [4.69, 9.17) is 0 Å². The molecular weight excluding hydrogens is 348 g/mol. The number of aromatic nitrogens is 2. The lowest BCUT2D eigenvalue weighted by atomic mass is 10.2. The Labute approximate surface area is 143 Å². The van der Waals surface area contributed by atoms with E-state index in [1.165, 1.54) is 11.3 Å². The summed E-state index contributed by atoms with van der Waals surface area (Å²) >= 11 is 1.52. The number of benzene rings is 1. The molecule has 0 atom stereocenters. The summed E-state index contributed by atoms with van der Waals surface area (Å²) in [5, 5.41) is 4.75. The zero-order valence-corrected chi connectivity index (χ0v) is 14.5. The number of hydrogen-bond donors (Lipinski definition) is 2. The van der Waals surface area contributed by atoms with Gasteiger partial charge in [0.2, 0.25) is 15.9 Å². The van der Waals surface area contributed by atoms with Gasteiger partial charge in [0.05, 0.1) is 18.4 Å². The monoisotopic (exact) mass is 364 g/mol. The second-order valence-corrected chi connectivity index (χ2v) is 7.97. The van der Waals surface area contributed by atoms with Crippen LogP contribution in [0, 0.1) is 0 Å². The van der Waals surface area contributed by atoms with Crippen LogP contribution in [0.15, 0.2) is 42.0 Å². The predicted octanol–water partition coefficient (Wildman–Crippen LogP) is 1.63. The first-order valence-corrected chi connectivity index (χ1v) is 9.91. The van der Waals surface area contributed by atoms with Crippen molar-refractivity contribution in [2.75, 3.05) is 11.0 Å². The van der Waals surface area contributed by atoms with Crippen LogP contribution in [0.4, 0.5) is 5.69 Å². The number of anilines is 1. The molecule has 3 rings (SSSR count). The first kappa shape index (κ1) is 16.5. The molecule has 1 amide bonds. The number of fused-ring (bicyclic) bond motifs is 1. The second-order valence-electron chi connectivity index (χ2n) is 5.35. The molecule has 0 radical (unpaired) electrons. The highest BCUT2D eigenvalue weighted by atomic mass is 32.2. The van der Waals surface area contributed by atoms with Crippen LogP contribution in [-0.4, -0.2) is 30.0 Å². The Morgan fingerprint density at radius 3 is 2.96 bits per heavy atom. The van der Waals surface area contributed by atoms with Gasteiger partial charge in [-0.05, 0) is 17.7 Å². The number of hydrogen-bond acceptors (Lipinski definition) is 5. The zero-order valence-electron chi connectivity index (χ0n) is 12.9. The van der Waals surface area contributed by atoms with Gasteiger partial charge in [0.15, 0.2) is 4.96 Å². The van der Waals surface area contributed by atoms with Crippen LogP contribution >= 0.6 is 11.3 Å². The Morgan fingerprint density at radius 1 is 1.38 bits per heavy atom. The number of sulfonamides is 1. The average Bonchev–Trinajstić information content (AvgIpc) is 3.05. The summed E-state index contributed by atoms with van der Waals surface area (Å²) in [6, 6.07) is 6.90. The Bertz CT molecular complexity index is 947. The average molecular weight is 364 g/mol. The molecule has 0 aliphatic rings. The number of carbonyl (C=O) groups excluding carboxylic acids is 1. The third-order valence-corrected chi connectivity index (χ3v) is 4.58. The van der Waals surface area contributed by atoms with Crippen molar-refractivity contribution in [3.05, 3.63) is 53.3 Å². The number of nitrogens with one attached hydrogen (secondary N) is 2. The van der Waals surface area contributed by atoms with Gasteiger partial charge in [0.25, 0.3) is 0 Å². The van der Waals surface area contributed by atoms with Crippen LogP contribution < -0.4 is 10.0 Å². The fourth-order valence-electron chi connectivity index (χ4n) is 2.25. The van der Waals surface area contributed by atoms with Gasteiger partial charge in [-0.3, -0.25) is 13.9 Å². The number of imidazole rings is 1. The smallest absolute Gasteiger partial charge is 0.229 e. The van der Waals surface area contributed by atoms with Crippen molar-refractivity contribution in [3.63, 3.8) is 0 Å². The van der Waals surface area contributed by atoms with Crippen molar-refractivity contribution in [2.24, 2.45) is 0 Å². The van der Waals surface area contributed by atoms with Gasteiger partial charge in [-0.25, -0.2) is 13.4 Å². The number of rotatable bonds is 6. The third-order valence-electron chi connectivity index (χ3n) is 3.20. The number of thiazole rings is 1. The van der Waals surface area contributed by atoms with Gasteiger partial charge in [0, 0.05) is 30.0 Å². The highest BCUT2D eigenvalue weighted by Gasteiger charge is 2.09. The fourth-order valence-corrected chi connectivity index (χ4v) is 3.52. The van der Waals surface area contributed by atoms with E-state index in [0.29, 0.717) is 17.9 Å². The van der Waals surface area contributed by atoms with Crippen molar-refractivity contribution >= 4 is 37.9 Å². The van der Waals surface area contributed by atoms with E-state index in [1.807, 2.05) is 28.2 Å². The van der Waals surface area contributed by atoms with Crippen molar-refractivity contribution < 1.29 is 13.2 Å². The fraction of sp³-hybridized carbons (Fsp3) is 0.200. The van der Waals surface area contributed by atoms with Crippen molar-refractivity contribution in [3.8, 4) is 0 Å². The van der Waals surface area contributed by atoms with E-state index in [-0.39, 0.29) is 12.3 Å². The molecule has 2 N–H and O–H groups in total. The highest BCUT2D eigenvalue weighted by molar-refractivity contribution is 7.92. The van der Waals surface area contributed by atoms with Gasteiger partial charge in [0.1, 0.15) is 0 Å². The molecule has 9 heteroatoms. The van der Waals surface area contributed by atoms with Crippen molar-refractivity contribution in [1.29, 1.82) is 0 Å². The molecule has 3 aromatic rings. The maximum absolute atomic E-state index is 12.0. The normalized spacial score (nSPS) is 11.5. The van der Waals surface area contributed by atoms with Crippen LogP contribution in [0.3, 0.4) is 0 Å². The molecule has 24 heavy (non-hydrogen) atoms. The number of amides is 1. The lowest BCUT2D eigenvalue weighted by Crippen LogP contribution is -2.24. The minimum atomic E-state index is -3.32. The topological polar surface area (TPSA) is 92.6 Å². The van der Waals surface area contributed by atoms with Crippen LogP contribution in [0.2, 0.25) is 0 Å². The lowest BCUT2D eigenvalue weighted by Gasteiger charge is -2.08. The molecule has 0 fully saturated rings. The maximum atomic E-state index is 12.0. The predicted molar refractivity (Wildman–Crippen MR) is 93.5 cm³/mol. The van der Waals surface area contributed by atoms with Gasteiger partial charge >= 0.3 is 0 Å². The molecule has 1 aromatic carbocycles. The molecule has 0 saturated carbocycles. The van der Waals surface area contributed by atoms with Crippen LogP contribution in [0.5, 0.6) is 0 Å². The number of carbonyl (C=O) groups is 1. The lowest BCUT2D eigenvalue weighted by molar-refractivity contribution is -0.120. The molecule has 0 unspecified atom stereocenters. The third kappa shape index (κ3) is 4.33. The Morgan fingerprint density at radius 2 is 2.21 bits per heavy atom. The molecule has 2 heterocycles. The number of nitrogens with zero attached hydrogens (tertiary/aromatic N) is 2. The summed E-state index contributed by atoms with van der Waals surface area (Å²) in [5.41, 5.74) is 1.99. The Kier molecular flexibility index (Phi) is 4.54. The molecule has 0 bridgehead atoms. The molecule has 0 aliphatic carbocycles. The summed E-state index contributed by atoms with van der Waals surface area (Å²) in [7, 11) is -3.32. The SMILES string of the molecule is CS(=O)(=O)Nc1cccc(CNC(=O)Cc2cn3ccsc3n2)c1. The summed E-state index contributed by atoms with van der Waals surface area (Å²) in [4.78, 5) is 17.3. The first-order valence-electron chi connectivity index (χ1n) is 7.13. The maximum Gasteiger partial charge on any atom is 0.229 e. The molecule has 0 aliphatic heterocycles. The van der Waals surface area contributed by atoms with E-state index in [1.54, 1.807) is 18.2 Å². The summed E-state index contributed by atoms with van der Waals surface area (Å²) in [5.74, 6) is -0.137. The molecule has 0 spiro atoms. The molecule has 7 nitrogen and oxygen atoms in total. The van der Waals surface area contributed by atoms with Gasteiger partial charge in [-0.2, -0.15) is 0 Å². The van der Waals surface area contributed by atoms with E-state index in [0.717, 1.165) is 16.8 Å². The van der Waals surface area contributed by atoms with E-state index >= 15 is 0 Å². The van der Waals surface area contributed by atoms with Gasteiger partial charge < -0.3 is 5.32 Å². The highest BCUT2D eigenvalue weighted by Crippen LogP contribution is 2.13. The molecular formula is C15H16N4O3S2. The van der Waals surface area contributed by atoms with Crippen LogP contribution in [0.1, 0.15) is 11.3 Å². The van der Waals surface area contributed by atoms with Crippen molar-refractivity contribution in [2.45, 2.75) is 13.0 Å². The standard InChI is InChI=1S/C15H16N4O3S2/c1-24(21,22)18-12-4-2-3-11(7-12)9-16-14(20)8-13-10-19-5-6-23-15(19)17-13/h2-7,10,18H,8-9H2,1H3,(H,16,20). The molecule has 2 aromatic heterocycles. The van der Waals surface area contributed by atoms with E-state index in [2.05, 4.69) is 15.0 Å². The van der Waals surface area contributed by atoms with Gasteiger partial charge in [-0.1, -0.05) is 12.1 Å². The molecule has 0 saturated heterocycles. The second kappa shape index (κ2) is 6.62. The van der Waals surface area contributed by atoms with E-state index in [9.17, 15) is 13.2 Å². The quantitative estimate of drug-likeness (QED) is 0.695. The van der Waals surface area contributed by atoms with Crippen molar-refractivity contribution in [1.82, 2.24) is 14.7 Å². The van der Waals surface area contributed by atoms with Crippen LogP contribution in [-0.2, 0) is 27.8 Å². The van der Waals surface area contributed by atoms with E-state index < -0.39 is 10.0 Å². The summed E-state index contributed by atoms with van der Waals surface area (Å²) in [6.07, 6.45) is 5.03. The first-order chi connectivity index (χ1) is 11.4. The summed E-state index contributed by atoms with van der Waals surface area (Å²) in [6.45, 7) is 0.320. The Balaban J connectivity index is 1.57.